The molecule has 0 saturated carbocycles. The molecule has 1 aliphatic rings. The highest BCUT2D eigenvalue weighted by Crippen LogP contribution is 2.21. The van der Waals surface area contributed by atoms with E-state index in [0.29, 0.717) is 31.1 Å². The van der Waals surface area contributed by atoms with E-state index in [1.807, 2.05) is 13.0 Å². The Morgan fingerprint density at radius 1 is 1.23 bits per heavy atom. The average Bonchev–Trinajstić information content (AvgIpc) is 3.22. The number of carbonyl (C=O) groups excluding carboxylic acids is 1. The molecular formula is C18H18N6O2. The lowest BCUT2D eigenvalue weighted by Gasteiger charge is -2.32. The summed E-state index contributed by atoms with van der Waals surface area (Å²) in [5.41, 5.74) is 1.34. The van der Waals surface area contributed by atoms with Crippen LogP contribution in [0.1, 0.15) is 28.0 Å². The number of pyridine rings is 1. The number of ether oxygens (including phenoxy) is 1. The van der Waals surface area contributed by atoms with Crippen LogP contribution in [-0.2, 0) is 4.74 Å². The van der Waals surface area contributed by atoms with E-state index in [-0.39, 0.29) is 12.0 Å². The highest BCUT2D eigenvalue weighted by Gasteiger charge is 2.27. The largest absolute Gasteiger partial charge is 0.368 e. The Kier molecular flexibility index (Phi) is 4.40. The Morgan fingerprint density at radius 2 is 2.15 bits per heavy atom. The Hall–Kier alpha value is -3.13. The molecule has 0 spiro atoms. The van der Waals surface area contributed by atoms with E-state index in [2.05, 4.69) is 19.9 Å². The Balaban J connectivity index is 1.49. The molecule has 0 N–H and O–H groups in total. The van der Waals surface area contributed by atoms with Gasteiger partial charge in [-0.25, -0.2) is 19.9 Å². The molecule has 8 nitrogen and oxygen atoms in total. The summed E-state index contributed by atoms with van der Waals surface area (Å²) in [7, 11) is 0. The zero-order valence-electron chi connectivity index (χ0n) is 14.3. The Labute approximate surface area is 150 Å². The van der Waals surface area contributed by atoms with Gasteiger partial charge in [0.2, 0.25) is 0 Å². The second kappa shape index (κ2) is 7.01. The molecule has 4 heterocycles. The lowest BCUT2D eigenvalue weighted by Crippen LogP contribution is -2.42. The van der Waals surface area contributed by atoms with Gasteiger partial charge in [-0.05, 0) is 25.1 Å². The molecule has 8 heteroatoms. The number of rotatable bonds is 3. The molecule has 1 amide bonds. The summed E-state index contributed by atoms with van der Waals surface area (Å²) in [4.78, 5) is 31.5. The van der Waals surface area contributed by atoms with Crippen LogP contribution < -0.4 is 0 Å². The fraction of sp³-hybridized carbons (Fsp3) is 0.278. The van der Waals surface area contributed by atoms with Crippen molar-refractivity contribution in [2.45, 2.75) is 13.0 Å². The van der Waals surface area contributed by atoms with Gasteiger partial charge in [-0.2, -0.15) is 0 Å². The second-order valence-electron chi connectivity index (χ2n) is 6.01. The maximum Gasteiger partial charge on any atom is 0.255 e. The maximum absolute atomic E-state index is 12.8. The average molecular weight is 350 g/mol. The van der Waals surface area contributed by atoms with E-state index in [9.17, 15) is 4.79 Å². The minimum atomic E-state index is -0.243. The zero-order valence-corrected chi connectivity index (χ0v) is 14.3. The van der Waals surface area contributed by atoms with Crippen LogP contribution in [0.2, 0.25) is 0 Å². The van der Waals surface area contributed by atoms with Gasteiger partial charge >= 0.3 is 0 Å². The van der Waals surface area contributed by atoms with Gasteiger partial charge in [0, 0.05) is 31.3 Å². The second-order valence-corrected chi connectivity index (χ2v) is 6.01. The van der Waals surface area contributed by atoms with Crippen LogP contribution in [0.3, 0.4) is 0 Å². The van der Waals surface area contributed by atoms with E-state index in [1.54, 1.807) is 52.7 Å². The monoisotopic (exact) mass is 350 g/mol. The third kappa shape index (κ3) is 3.31. The minimum Gasteiger partial charge on any atom is -0.368 e. The summed E-state index contributed by atoms with van der Waals surface area (Å²) in [6.07, 6.45) is 8.22. The lowest BCUT2D eigenvalue weighted by atomic mass is 10.1. The molecule has 0 bridgehead atoms. The number of aryl methyl sites for hydroxylation is 1. The number of hydrogen-bond acceptors (Lipinski definition) is 6. The standard InChI is InChI=1S/C18H18N6O2/c1-13-20-5-4-15(22-13)16-11-23(8-9-26-16)18(25)14-2-3-17(21-10-14)24-7-6-19-12-24/h2-7,10,12,16H,8-9,11H2,1H3. The molecule has 1 atom stereocenters. The van der Waals surface area contributed by atoms with Gasteiger partial charge in [0.15, 0.2) is 0 Å². The molecule has 4 rings (SSSR count). The smallest absolute Gasteiger partial charge is 0.255 e. The van der Waals surface area contributed by atoms with Crippen molar-refractivity contribution in [1.29, 1.82) is 0 Å². The third-order valence-corrected chi connectivity index (χ3v) is 4.24. The van der Waals surface area contributed by atoms with Gasteiger partial charge in [0.25, 0.3) is 5.91 Å². The summed E-state index contributed by atoms with van der Waals surface area (Å²) in [6.45, 7) is 3.31. The first-order valence-corrected chi connectivity index (χ1v) is 8.35. The van der Waals surface area contributed by atoms with E-state index in [0.717, 1.165) is 11.5 Å². The number of imidazole rings is 1. The van der Waals surface area contributed by atoms with Crippen molar-refractivity contribution in [1.82, 2.24) is 29.4 Å². The molecule has 0 aliphatic carbocycles. The van der Waals surface area contributed by atoms with Crippen LogP contribution in [0, 0.1) is 6.92 Å². The molecule has 0 radical (unpaired) electrons. The van der Waals surface area contributed by atoms with Crippen LogP contribution >= 0.6 is 0 Å². The predicted molar refractivity (Wildman–Crippen MR) is 92.7 cm³/mol. The van der Waals surface area contributed by atoms with E-state index in [1.165, 1.54) is 0 Å². The van der Waals surface area contributed by atoms with Crippen molar-refractivity contribution in [3.8, 4) is 5.82 Å². The van der Waals surface area contributed by atoms with E-state index < -0.39 is 0 Å². The van der Waals surface area contributed by atoms with Crippen molar-refractivity contribution in [2.75, 3.05) is 19.7 Å². The van der Waals surface area contributed by atoms with Crippen LogP contribution in [0.25, 0.3) is 5.82 Å². The maximum atomic E-state index is 12.8. The van der Waals surface area contributed by atoms with Crippen molar-refractivity contribution in [3.63, 3.8) is 0 Å². The molecule has 0 aromatic carbocycles. The summed E-state index contributed by atoms with van der Waals surface area (Å²) >= 11 is 0. The van der Waals surface area contributed by atoms with Gasteiger partial charge in [-0.15, -0.1) is 0 Å². The van der Waals surface area contributed by atoms with Crippen LogP contribution in [0.15, 0.2) is 49.3 Å². The molecule has 132 valence electrons. The van der Waals surface area contributed by atoms with Crippen LogP contribution in [0.4, 0.5) is 0 Å². The number of carbonyl (C=O) groups is 1. The van der Waals surface area contributed by atoms with E-state index >= 15 is 0 Å². The van der Waals surface area contributed by atoms with E-state index in [4.69, 9.17) is 4.74 Å². The summed E-state index contributed by atoms with van der Waals surface area (Å²) in [5, 5.41) is 0. The topological polar surface area (TPSA) is 86.0 Å². The Morgan fingerprint density at radius 3 is 2.88 bits per heavy atom. The van der Waals surface area contributed by atoms with Gasteiger partial charge in [0.05, 0.1) is 24.4 Å². The molecule has 1 unspecified atom stereocenters. The molecular weight excluding hydrogens is 332 g/mol. The normalized spacial score (nSPS) is 17.3. The fourth-order valence-corrected chi connectivity index (χ4v) is 2.91. The summed E-state index contributed by atoms with van der Waals surface area (Å²) < 4.78 is 7.58. The molecule has 1 fully saturated rings. The lowest BCUT2D eigenvalue weighted by molar-refractivity contribution is -0.0248. The van der Waals surface area contributed by atoms with Gasteiger partial charge in [-0.1, -0.05) is 0 Å². The molecule has 3 aromatic heterocycles. The van der Waals surface area contributed by atoms with Crippen LogP contribution in [0.5, 0.6) is 0 Å². The van der Waals surface area contributed by atoms with Crippen molar-refractivity contribution >= 4 is 5.91 Å². The number of hydrogen-bond donors (Lipinski definition) is 0. The van der Waals surface area contributed by atoms with Gasteiger partial charge in [-0.3, -0.25) is 9.36 Å². The fourth-order valence-electron chi connectivity index (χ4n) is 2.91. The highest BCUT2D eigenvalue weighted by atomic mass is 16.5. The quantitative estimate of drug-likeness (QED) is 0.713. The SMILES string of the molecule is Cc1nccc(C2CN(C(=O)c3ccc(-n4ccnc4)nc3)CCO2)n1. The first-order chi connectivity index (χ1) is 12.7. The number of morpholine rings is 1. The van der Waals surface area contributed by atoms with Crippen molar-refractivity contribution in [3.05, 3.63) is 66.4 Å². The minimum absolute atomic E-state index is 0.0613. The van der Waals surface area contributed by atoms with Gasteiger partial charge in [0.1, 0.15) is 24.1 Å². The molecule has 1 aliphatic heterocycles. The summed E-state index contributed by atoms with van der Waals surface area (Å²) in [5.74, 6) is 1.35. The predicted octanol–water partition coefficient (Wildman–Crippen LogP) is 1.58. The van der Waals surface area contributed by atoms with Gasteiger partial charge < -0.3 is 9.64 Å². The van der Waals surface area contributed by atoms with Crippen molar-refractivity contribution < 1.29 is 9.53 Å². The molecule has 26 heavy (non-hydrogen) atoms. The number of nitrogens with zero attached hydrogens (tertiary/aromatic N) is 6. The number of amides is 1. The summed E-state index contributed by atoms with van der Waals surface area (Å²) in [6, 6.07) is 5.41. The Bertz CT molecular complexity index is 894. The molecule has 3 aromatic rings. The zero-order chi connectivity index (χ0) is 17.9. The highest BCUT2D eigenvalue weighted by molar-refractivity contribution is 5.94. The van der Waals surface area contributed by atoms with Crippen molar-refractivity contribution in [2.24, 2.45) is 0 Å². The first kappa shape index (κ1) is 16.3. The molecule has 1 saturated heterocycles. The number of aromatic nitrogens is 5. The first-order valence-electron chi connectivity index (χ1n) is 8.35. The third-order valence-electron chi connectivity index (χ3n) is 4.24. The van der Waals surface area contributed by atoms with Crippen LogP contribution in [-0.4, -0.2) is 55.0 Å².